The van der Waals surface area contributed by atoms with E-state index in [-0.39, 0.29) is 10.8 Å². The van der Waals surface area contributed by atoms with E-state index in [0.717, 1.165) is 30.1 Å². The number of benzene rings is 1. The minimum Gasteiger partial charge on any atom is -0.205 e. The summed E-state index contributed by atoms with van der Waals surface area (Å²) < 4.78 is 13.3. The summed E-state index contributed by atoms with van der Waals surface area (Å²) in [4.78, 5) is 0. The van der Waals surface area contributed by atoms with E-state index in [4.69, 9.17) is 11.6 Å². The molecule has 0 saturated heterocycles. The van der Waals surface area contributed by atoms with Crippen LogP contribution in [-0.2, 0) is 6.42 Å². The highest BCUT2D eigenvalue weighted by molar-refractivity contribution is 6.30. The molecule has 2 saturated carbocycles. The largest absolute Gasteiger partial charge is 0.205 e. The quantitative estimate of drug-likeness (QED) is 0.423. The van der Waals surface area contributed by atoms with E-state index < -0.39 is 0 Å². The normalized spacial score (nSPS) is 29.5. The van der Waals surface area contributed by atoms with Gasteiger partial charge in [-0.2, -0.15) is 0 Å². The fourth-order valence-electron chi connectivity index (χ4n) is 5.32. The fraction of sp³-hybridized carbons (Fsp3) is 0.667. The van der Waals surface area contributed by atoms with Gasteiger partial charge in [0.15, 0.2) is 0 Å². The van der Waals surface area contributed by atoms with Crippen LogP contribution in [-0.4, -0.2) is 0 Å². The van der Waals surface area contributed by atoms with Gasteiger partial charge in [0.05, 0.1) is 5.02 Å². The van der Waals surface area contributed by atoms with Gasteiger partial charge in [-0.05, 0) is 92.7 Å². The maximum Gasteiger partial charge on any atom is 0.141 e. The lowest BCUT2D eigenvalue weighted by molar-refractivity contribution is 0.141. The van der Waals surface area contributed by atoms with E-state index in [1.165, 1.54) is 82.3 Å². The number of hydrogen-bond donors (Lipinski definition) is 0. The number of aryl methyl sites for hydroxylation is 1. The molecule has 0 aromatic heterocycles. The molecule has 2 fully saturated rings. The molecule has 1 aromatic carbocycles. The van der Waals surface area contributed by atoms with Crippen molar-refractivity contribution in [2.24, 2.45) is 23.7 Å². The molecule has 0 spiro atoms. The van der Waals surface area contributed by atoms with Crippen molar-refractivity contribution in [3.8, 4) is 0 Å². The van der Waals surface area contributed by atoms with Gasteiger partial charge in [-0.15, -0.1) is 6.58 Å². The van der Waals surface area contributed by atoms with Crippen molar-refractivity contribution < 1.29 is 4.39 Å². The molecular weight excluding hydrogens is 343 g/mol. The molecular formula is C24H34ClF. The molecule has 0 aliphatic heterocycles. The van der Waals surface area contributed by atoms with Crippen molar-refractivity contribution in [3.63, 3.8) is 0 Å². The molecule has 0 N–H and O–H groups in total. The van der Waals surface area contributed by atoms with Gasteiger partial charge in [0.1, 0.15) is 5.82 Å². The third kappa shape index (κ3) is 5.59. The second kappa shape index (κ2) is 9.93. The molecule has 0 nitrogen and oxygen atoms in total. The van der Waals surface area contributed by atoms with Crippen LogP contribution in [0.3, 0.4) is 0 Å². The summed E-state index contributed by atoms with van der Waals surface area (Å²) in [5.74, 6) is 3.47. The van der Waals surface area contributed by atoms with Gasteiger partial charge in [-0.3, -0.25) is 0 Å². The van der Waals surface area contributed by atoms with E-state index in [9.17, 15) is 4.39 Å². The third-order valence-electron chi connectivity index (χ3n) is 7.05. The monoisotopic (exact) mass is 376 g/mol. The van der Waals surface area contributed by atoms with Gasteiger partial charge < -0.3 is 0 Å². The van der Waals surface area contributed by atoms with Crippen LogP contribution >= 0.6 is 11.6 Å². The van der Waals surface area contributed by atoms with Crippen molar-refractivity contribution in [2.75, 3.05) is 0 Å². The summed E-state index contributed by atoms with van der Waals surface area (Å²) in [6.07, 6.45) is 18.3. The summed E-state index contributed by atoms with van der Waals surface area (Å²) in [6.45, 7) is 3.86. The standard InChI is InChI=1S/C24H34ClF/c1-2-3-4-18-7-12-21(13-8-18)22-14-9-19(10-15-22)5-6-20-11-16-24(26)23(25)17-20/h2,11,16-19,21-22H,1,3-10,12-15H2/t18-,19?,21-,22?. The summed E-state index contributed by atoms with van der Waals surface area (Å²) in [7, 11) is 0. The molecule has 2 aliphatic rings. The molecule has 0 unspecified atom stereocenters. The first-order valence-electron chi connectivity index (χ1n) is 10.7. The van der Waals surface area contributed by atoms with Gasteiger partial charge in [-0.1, -0.05) is 49.4 Å². The lowest BCUT2D eigenvalue weighted by Gasteiger charge is -2.38. The molecule has 0 atom stereocenters. The summed E-state index contributed by atoms with van der Waals surface area (Å²) >= 11 is 5.90. The predicted octanol–water partition coefficient (Wildman–Crippen LogP) is 7.99. The first-order chi connectivity index (χ1) is 12.7. The van der Waals surface area contributed by atoms with Crippen molar-refractivity contribution in [1.29, 1.82) is 0 Å². The molecule has 0 heterocycles. The smallest absolute Gasteiger partial charge is 0.141 e. The van der Waals surface area contributed by atoms with E-state index in [1.807, 2.05) is 6.07 Å². The Morgan fingerprint density at radius 1 is 0.923 bits per heavy atom. The first kappa shape index (κ1) is 19.9. The molecule has 0 amide bonds. The molecule has 3 rings (SSSR count). The van der Waals surface area contributed by atoms with E-state index >= 15 is 0 Å². The van der Waals surface area contributed by atoms with Crippen molar-refractivity contribution in [3.05, 3.63) is 47.3 Å². The molecule has 0 radical (unpaired) electrons. The van der Waals surface area contributed by atoms with Gasteiger partial charge in [0.2, 0.25) is 0 Å². The Labute approximate surface area is 164 Å². The van der Waals surface area contributed by atoms with Crippen LogP contribution in [0, 0.1) is 29.5 Å². The molecule has 1 aromatic rings. The number of hydrogen-bond acceptors (Lipinski definition) is 0. The second-order valence-electron chi connectivity index (χ2n) is 8.71. The number of allylic oxidation sites excluding steroid dienone is 1. The average Bonchev–Trinajstić information content (AvgIpc) is 2.68. The third-order valence-corrected chi connectivity index (χ3v) is 7.34. The van der Waals surface area contributed by atoms with Gasteiger partial charge in [0.25, 0.3) is 0 Å². The Kier molecular flexibility index (Phi) is 7.61. The maximum atomic E-state index is 13.3. The Hall–Kier alpha value is -0.820. The minimum atomic E-state index is -0.310. The summed E-state index contributed by atoms with van der Waals surface area (Å²) in [5, 5.41) is 0.259. The van der Waals surface area contributed by atoms with Gasteiger partial charge in [0, 0.05) is 0 Å². The molecule has 2 aliphatic carbocycles. The van der Waals surface area contributed by atoms with Crippen LogP contribution in [0.2, 0.25) is 5.02 Å². The molecule has 0 bridgehead atoms. The highest BCUT2D eigenvalue weighted by atomic mass is 35.5. The zero-order chi connectivity index (χ0) is 18.4. The van der Waals surface area contributed by atoms with Crippen molar-refractivity contribution >= 4 is 11.6 Å². The maximum absolute atomic E-state index is 13.3. The van der Waals surface area contributed by atoms with E-state index in [2.05, 4.69) is 12.7 Å². The SMILES string of the molecule is C=CCC[C@H]1CC[C@H](C2CCC(CCc3ccc(F)c(Cl)c3)CC2)CC1. The van der Waals surface area contributed by atoms with Crippen LogP contribution in [0.15, 0.2) is 30.9 Å². The van der Waals surface area contributed by atoms with E-state index in [0.29, 0.717) is 0 Å². The zero-order valence-corrected chi connectivity index (χ0v) is 16.8. The highest BCUT2D eigenvalue weighted by Gasteiger charge is 2.30. The van der Waals surface area contributed by atoms with E-state index in [1.54, 1.807) is 6.07 Å². The van der Waals surface area contributed by atoms with Gasteiger partial charge in [-0.25, -0.2) is 4.39 Å². The lowest BCUT2D eigenvalue weighted by Crippen LogP contribution is -2.26. The average molecular weight is 377 g/mol. The van der Waals surface area contributed by atoms with Crippen LogP contribution < -0.4 is 0 Å². The minimum absolute atomic E-state index is 0.259. The molecule has 2 heteroatoms. The van der Waals surface area contributed by atoms with Gasteiger partial charge >= 0.3 is 0 Å². The Bertz CT molecular complexity index is 566. The summed E-state index contributed by atoms with van der Waals surface area (Å²) in [6, 6.07) is 5.19. The Balaban J connectivity index is 1.36. The molecule has 144 valence electrons. The zero-order valence-electron chi connectivity index (χ0n) is 16.1. The number of halogens is 2. The van der Waals surface area contributed by atoms with Crippen molar-refractivity contribution in [1.82, 2.24) is 0 Å². The first-order valence-corrected chi connectivity index (χ1v) is 11.1. The van der Waals surface area contributed by atoms with Crippen LogP contribution in [0.4, 0.5) is 4.39 Å². The number of rotatable bonds is 7. The summed E-state index contributed by atoms with van der Waals surface area (Å²) in [5.41, 5.74) is 1.18. The lowest BCUT2D eigenvalue weighted by atomic mass is 9.68. The van der Waals surface area contributed by atoms with Crippen molar-refractivity contribution in [2.45, 2.75) is 77.0 Å². The second-order valence-corrected chi connectivity index (χ2v) is 9.12. The Morgan fingerprint density at radius 3 is 2.04 bits per heavy atom. The Morgan fingerprint density at radius 2 is 1.50 bits per heavy atom. The highest BCUT2D eigenvalue weighted by Crippen LogP contribution is 2.43. The fourth-order valence-corrected chi connectivity index (χ4v) is 5.52. The topological polar surface area (TPSA) is 0 Å². The molecule has 26 heavy (non-hydrogen) atoms. The van der Waals surface area contributed by atoms with Crippen LogP contribution in [0.1, 0.15) is 76.2 Å². The van der Waals surface area contributed by atoms with Crippen LogP contribution in [0.5, 0.6) is 0 Å². The predicted molar refractivity (Wildman–Crippen MR) is 110 cm³/mol. The van der Waals surface area contributed by atoms with Crippen LogP contribution in [0.25, 0.3) is 0 Å².